The van der Waals surface area contributed by atoms with Crippen LogP contribution in [0.3, 0.4) is 0 Å². The number of anilines is 1. The molecule has 0 bridgehead atoms. The summed E-state index contributed by atoms with van der Waals surface area (Å²) in [5.74, 6) is 0. The van der Waals surface area contributed by atoms with Crippen molar-refractivity contribution >= 4 is 21.7 Å². The number of carbonyl (C=O) groups excluding carboxylic acids is 1. The highest BCUT2D eigenvalue weighted by atomic mass is 32.2. The van der Waals surface area contributed by atoms with Gasteiger partial charge in [-0.3, -0.25) is 0 Å². The van der Waals surface area contributed by atoms with Gasteiger partial charge in [-0.05, 0) is 31.4 Å². The molecule has 2 N–H and O–H groups in total. The number of nitrogens with zero attached hydrogens (tertiary/aromatic N) is 3. The second-order valence-corrected chi connectivity index (χ2v) is 8.40. The number of amides is 2. The summed E-state index contributed by atoms with van der Waals surface area (Å²) in [5, 5.41) is 5.43. The number of nitrogens with one attached hydrogen (secondary N) is 2. The molecule has 27 heavy (non-hydrogen) atoms. The summed E-state index contributed by atoms with van der Waals surface area (Å²) < 4.78 is 29.3. The van der Waals surface area contributed by atoms with Gasteiger partial charge in [0, 0.05) is 38.6 Å². The topological polar surface area (TPSA) is 96.3 Å². The number of benzene rings is 1. The van der Waals surface area contributed by atoms with E-state index in [-0.39, 0.29) is 4.90 Å². The Morgan fingerprint density at radius 2 is 1.93 bits per heavy atom. The summed E-state index contributed by atoms with van der Waals surface area (Å²) in [4.78, 5) is 16.3. The molecule has 0 unspecified atom stereocenters. The highest BCUT2D eigenvalue weighted by Gasteiger charge is 2.28. The average Bonchev–Trinajstić information content (AvgIpc) is 3.20. The predicted octanol–water partition coefficient (Wildman–Crippen LogP) is 2.27. The lowest BCUT2D eigenvalue weighted by Crippen LogP contribution is -2.36. The van der Waals surface area contributed by atoms with Crippen LogP contribution in [0.25, 0.3) is 0 Å². The summed E-state index contributed by atoms with van der Waals surface area (Å²) in [5.41, 5.74) is 0.301. The molecule has 1 saturated heterocycles. The van der Waals surface area contributed by atoms with E-state index in [9.17, 15) is 13.2 Å². The van der Waals surface area contributed by atoms with Gasteiger partial charge < -0.3 is 15.2 Å². The van der Waals surface area contributed by atoms with Gasteiger partial charge in [0.15, 0.2) is 0 Å². The maximum atomic E-state index is 12.9. The normalized spacial score (nSPS) is 15.4. The Bertz CT molecular complexity index is 846. The van der Waals surface area contributed by atoms with E-state index < -0.39 is 16.1 Å². The van der Waals surface area contributed by atoms with Gasteiger partial charge in [-0.2, -0.15) is 4.31 Å². The summed E-state index contributed by atoms with van der Waals surface area (Å²) >= 11 is 0. The van der Waals surface area contributed by atoms with Crippen LogP contribution in [0.5, 0.6) is 0 Å². The second kappa shape index (κ2) is 9.01. The Kier molecular flexibility index (Phi) is 6.46. The van der Waals surface area contributed by atoms with Crippen LogP contribution in [0.4, 0.5) is 10.5 Å². The Morgan fingerprint density at radius 1 is 1.15 bits per heavy atom. The first-order chi connectivity index (χ1) is 13.1. The quantitative estimate of drug-likeness (QED) is 0.708. The van der Waals surface area contributed by atoms with E-state index in [4.69, 9.17) is 0 Å². The lowest BCUT2D eigenvalue weighted by molar-refractivity contribution is 0.251. The number of aryl methyl sites for hydroxylation is 1. The van der Waals surface area contributed by atoms with Crippen molar-refractivity contribution in [3.05, 3.63) is 43.0 Å². The lowest BCUT2D eigenvalue weighted by atomic mass is 10.2. The molecule has 2 heterocycles. The molecular weight excluding hydrogens is 366 g/mol. The maximum absolute atomic E-state index is 12.9. The van der Waals surface area contributed by atoms with Crippen LogP contribution in [-0.2, 0) is 16.6 Å². The van der Waals surface area contributed by atoms with Gasteiger partial charge in [0.25, 0.3) is 0 Å². The van der Waals surface area contributed by atoms with Crippen LogP contribution >= 0.6 is 0 Å². The van der Waals surface area contributed by atoms with E-state index in [1.807, 2.05) is 10.8 Å². The number of aromatic nitrogens is 2. The minimum absolute atomic E-state index is 0.139. The third-order valence-corrected chi connectivity index (χ3v) is 6.46. The van der Waals surface area contributed by atoms with Crippen molar-refractivity contribution in [1.29, 1.82) is 0 Å². The van der Waals surface area contributed by atoms with Gasteiger partial charge in [-0.25, -0.2) is 18.2 Å². The van der Waals surface area contributed by atoms with Crippen molar-refractivity contribution in [2.24, 2.45) is 0 Å². The lowest BCUT2D eigenvalue weighted by Gasteiger charge is -2.26. The van der Waals surface area contributed by atoms with Gasteiger partial charge in [-0.15, -0.1) is 0 Å². The molecule has 1 aromatic carbocycles. The van der Waals surface area contributed by atoms with Gasteiger partial charge in [0.2, 0.25) is 10.0 Å². The van der Waals surface area contributed by atoms with Gasteiger partial charge in [0.05, 0.1) is 12.0 Å². The molecule has 0 radical (unpaired) electrons. The fourth-order valence-corrected chi connectivity index (χ4v) is 4.75. The zero-order valence-electron chi connectivity index (χ0n) is 15.2. The SMILES string of the molecule is O=C(NCCCn1ccnc1)Nc1ccccc1S(=O)(=O)N1CCCCC1. The summed E-state index contributed by atoms with van der Waals surface area (Å²) in [7, 11) is -3.61. The molecular formula is C18H25N5O3S. The first kappa shape index (κ1) is 19.4. The average molecular weight is 391 g/mol. The van der Waals surface area contributed by atoms with Crippen LogP contribution in [0.1, 0.15) is 25.7 Å². The summed E-state index contributed by atoms with van der Waals surface area (Å²) in [6.07, 6.45) is 8.83. The first-order valence-electron chi connectivity index (χ1n) is 9.17. The van der Waals surface area contributed by atoms with E-state index in [0.29, 0.717) is 25.3 Å². The number of hydrogen-bond donors (Lipinski definition) is 2. The smallest absolute Gasteiger partial charge is 0.319 e. The number of carbonyl (C=O) groups is 1. The minimum Gasteiger partial charge on any atom is -0.338 e. The molecule has 0 atom stereocenters. The third-order valence-electron chi connectivity index (χ3n) is 4.51. The molecule has 9 heteroatoms. The summed E-state index contributed by atoms with van der Waals surface area (Å²) in [6.45, 7) is 2.28. The molecule has 3 rings (SSSR count). The number of rotatable bonds is 7. The number of sulfonamides is 1. The zero-order valence-corrected chi connectivity index (χ0v) is 16.0. The fourth-order valence-electron chi connectivity index (χ4n) is 3.09. The molecule has 8 nitrogen and oxygen atoms in total. The van der Waals surface area contributed by atoms with E-state index in [1.165, 1.54) is 4.31 Å². The third kappa shape index (κ3) is 5.08. The molecule has 0 saturated carbocycles. The van der Waals surface area contributed by atoms with Crippen molar-refractivity contribution in [1.82, 2.24) is 19.2 Å². The van der Waals surface area contributed by atoms with E-state index in [0.717, 1.165) is 32.2 Å². The molecule has 2 amide bonds. The van der Waals surface area contributed by atoms with Crippen LogP contribution in [0, 0.1) is 0 Å². The van der Waals surface area contributed by atoms with Crippen molar-refractivity contribution in [2.75, 3.05) is 25.0 Å². The van der Waals surface area contributed by atoms with Crippen molar-refractivity contribution in [2.45, 2.75) is 37.1 Å². The largest absolute Gasteiger partial charge is 0.338 e. The Hall–Kier alpha value is -2.39. The van der Waals surface area contributed by atoms with Crippen molar-refractivity contribution in [3.63, 3.8) is 0 Å². The molecule has 1 aliphatic heterocycles. The zero-order chi connectivity index (χ0) is 19.1. The Balaban J connectivity index is 1.59. The first-order valence-corrected chi connectivity index (χ1v) is 10.6. The molecule has 1 aliphatic rings. The number of hydrogen-bond acceptors (Lipinski definition) is 4. The monoisotopic (exact) mass is 391 g/mol. The van der Waals surface area contributed by atoms with Gasteiger partial charge in [-0.1, -0.05) is 18.6 Å². The van der Waals surface area contributed by atoms with Crippen LogP contribution < -0.4 is 10.6 Å². The van der Waals surface area contributed by atoms with Crippen molar-refractivity contribution < 1.29 is 13.2 Å². The van der Waals surface area contributed by atoms with Gasteiger partial charge in [0.1, 0.15) is 4.90 Å². The van der Waals surface area contributed by atoms with Crippen LogP contribution in [0.15, 0.2) is 47.9 Å². The van der Waals surface area contributed by atoms with Gasteiger partial charge >= 0.3 is 6.03 Å². The predicted molar refractivity (Wildman–Crippen MR) is 103 cm³/mol. The number of piperidine rings is 1. The van der Waals surface area contributed by atoms with Crippen molar-refractivity contribution in [3.8, 4) is 0 Å². The fraction of sp³-hybridized carbons (Fsp3) is 0.444. The standard InChI is InChI=1S/C18H25N5O3S/c24-18(20-9-6-11-22-14-10-19-15-22)21-16-7-2-3-8-17(16)27(25,26)23-12-4-1-5-13-23/h2-3,7-8,10,14-15H,1,4-6,9,11-13H2,(H2,20,21,24). The number of imidazole rings is 1. The maximum Gasteiger partial charge on any atom is 0.319 e. The van der Waals surface area contributed by atoms with Crippen LogP contribution in [-0.4, -0.2) is 47.9 Å². The van der Waals surface area contributed by atoms with E-state index >= 15 is 0 Å². The minimum atomic E-state index is -3.61. The molecule has 146 valence electrons. The highest BCUT2D eigenvalue weighted by Crippen LogP contribution is 2.26. The van der Waals surface area contributed by atoms with Crippen LogP contribution in [0.2, 0.25) is 0 Å². The molecule has 0 aliphatic carbocycles. The molecule has 1 fully saturated rings. The molecule has 1 aromatic heterocycles. The Morgan fingerprint density at radius 3 is 2.67 bits per heavy atom. The summed E-state index contributed by atoms with van der Waals surface area (Å²) in [6, 6.07) is 6.12. The molecule has 0 spiro atoms. The highest BCUT2D eigenvalue weighted by molar-refractivity contribution is 7.89. The van der Waals surface area contributed by atoms with E-state index in [1.54, 1.807) is 36.8 Å². The molecule has 2 aromatic rings. The van der Waals surface area contributed by atoms with E-state index in [2.05, 4.69) is 15.6 Å². The number of para-hydroxylation sites is 1. The number of urea groups is 1. The Labute approximate surface area is 159 Å². The second-order valence-electron chi connectivity index (χ2n) is 6.50.